The molecule has 0 saturated carbocycles. The van der Waals surface area contributed by atoms with E-state index < -0.39 is 10.0 Å². The molecule has 130 valence electrons. The van der Waals surface area contributed by atoms with Crippen LogP contribution >= 0.6 is 0 Å². The molecule has 9 heteroatoms. The molecular weight excluding hydrogens is 344 g/mol. The Kier molecular flexibility index (Phi) is 3.89. The summed E-state index contributed by atoms with van der Waals surface area (Å²) in [6.07, 6.45) is 5.00. The maximum Gasteiger partial charge on any atom is 0.257 e. The summed E-state index contributed by atoms with van der Waals surface area (Å²) < 4.78 is 38.0. The molecule has 4 heterocycles. The Morgan fingerprint density at radius 3 is 3.04 bits per heavy atom. The molecule has 8 nitrogen and oxygen atoms in total. The molecular formula is C16H16N4O4S. The van der Waals surface area contributed by atoms with Gasteiger partial charge in [-0.15, -0.1) is 0 Å². The van der Waals surface area contributed by atoms with Gasteiger partial charge in [-0.2, -0.15) is 4.31 Å². The average molecular weight is 360 g/mol. The van der Waals surface area contributed by atoms with Crippen molar-refractivity contribution in [2.75, 3.05) is 13.1 Å². The Morgan fingerprint density at radius 1 is 1.36 bits per heavy atom. The highest BCUT2D eigenvalue weighted by atomic mass is 32.2. The van der Waals surface area contributed by atoms with E-state index in [9.17, 15) is 8.42 Å². The number of fused-ring (bicyclic) bond motifs is 1. The van der Waals surface area contributed by atoms with E-state index in [1.807, 2.05) is 0 Å². The SMILES string of the molecule is Cc1noc2ncc(S(=O)(=O)N3CC[C@@H](Oc4cccnc4)C3)cc12. The average Bonchev–Trinajstić information content (AvgIpc) is 3.23. The Hall–Kier alpha value is -2.52. The minimum Gasteiger partial charge on any atom is -0.487 e. The van der Waals surface area contributed by atoms with Gasteiger partial charge in [0, 0.05) is 12.7 Å². The van der Waals surface area contributed by atoms with E-state index in [-0.39, 0.29) is 17.5 Å². The number of hydrogen-bond donors (Lipinski definition) is 0. The van der Waals surface area contributed by atoms with Gasteiger partial charge in [0.25, 0.3) is 5.71 Å². The molecule has 0 amide bonds. The third-order valence-electron chi connectivity index (χ3n) is 4.17. The predicted molar refractivity (Wildman–Crippen MR) is 88.6 cm³/mol. The van der Waals surface area contributed by atoms with Gasteiger partial charge in [-0.25, -0.2) is 13.4 Å². The van der Waals surface area contributed by atoms with Gasteiger partial charge in [0.2, 0.25) is 10.0 Å². The van der Waals surface area contributed by atoms with E-state index in [4.69, 9.17) is 9.26 Å². The zero-order chi connectivity index (χ0) is 17.4. The first kappa shape index (κ1) is 16.0. The summed E-state index contributed by atoms with van der Waals surface area (Å²) in [6.45, 7) is 2.43. The normalized spacial score (nSPS) is 18.7. The molecule has 0 radical (unpaired) electrons. The lowest BCUT2D eigenvalue weighted by molar-refractivity contribution is 0.214. The summed E-state index contributed by atoms with van der Waals surface area (Å²) in [5, 5.41) is 4.40. The molecule has 4 rings (SSSR count). The highest BCUT2D eigenvalue weighted by Crippen LogP contribution is 2.26. The van der Waals surface area contributed by atoms with Gasteiger partial charge >= 0.3 is 0 Å². The maximum atomic E-state index is 12.9. The summed E-state index contributed by atoms with van der Waals surface area (Å²) in [5.74, 6) is 0.634. The molecule has 1 aliphatic heterocycles. The molecule has 1 saturated heterocycles. The van der Waals surface area contributed by atoms with Crippen LogP contribution in [-0.4, -0.2) is 47.0 Å². The van der Waals surface area contributed by atoms with Crippen LogP contribution in [0.2, 0.25) is 0 Å². The van der Waals surface area contributed by atoms with E-state index >= 15 is 0 Å². The van der Waals surface area contributed by atoms with Crippen molar-refractivity contribution in [2.45, 2.75) is 24.3 Å². The highest BCUT2D eigenvalue weighted by molar-refractivity contribution is 7.89. The van der Waals surface area contributed by atoms with Crippen molar-refractivity contribution in [2.24, 2.45) is 0 Å². The van der Waals surface area contributed by atoms with Crippen LogP contribution in [0.15, 0.2) is 46.2 Å². The van der Waals surface area contributed by atoms with Crippen molar-refractivity contribution in [3.8, 4) is 5.75 Å². The van der Waals surface area contributed by atoms with Gasteiger partial charge < -0.3 is 9.26 Å². The summed E-state index contributed by atoms with van der Waals surface area (Å²) in [4.78, 5) is 8.18. The minimum absolute atomic E-state index is 0.133. The summed E-state index contributed by atoms with van der Waals surface area (Å²) in [7, 11) is -3.64. The fraction of sp³-hybridized carbons (Fsp3) is 0.312. The maximum absolute atomic E-state index is 12.9. The van der Waals surface area contributed by atoms with Crippen LogP contribution in [0, 0.1) is 6.92 Å². The van der Waals surface area contributed by atoms with Crippen molar-refractivity contribution < 1.29 is 17.7 Å². The second kappa shape index (κ2) is 6.08. The first-order chi connectivity index (χ1) is 12.0. The van der Waals surface area contributed by atoms with Gasteiger partial charge in [0.15, 0.2) is 0 Å². The first-order valence-corrected chi connectivity index (χ1v) is 9.27. The summed E-state index contributed by atoms with van der Waals surface area (Å²) in [6, 6.07) is 5.14. The van der Waals surface area contributed by atoms with E-state index in [0.29, 0.717) is 35.5 Å². The molecule has 0 N–H and O–H groups in total. The Balaban J connectivity index is 1.55. The van der Waals surface area contributed by atoms with Gasteiger partial charge in [-0.3, -0.25) is 4.98 Å². The first-order valence-electron chi connectivity index (χ1n) is 7.83. The van der Waals surface area contributed by atoms with Crippen molar-refractivity contribution in [1.29, 1.82) is 0 Å². The largest absolute Gasteiger partial charge is 0.487 e. The molecule has 0 unspecified atom stereocenters. The number of aryl methyl sites for hydroxylation is 1. The highest BCUT2D eigenvalue weighted by Gasteiger charge is 2.34. The minimum atomic E-state index is -3.64. The van der Waals surface area contributed by atoms with Crippen molar-refractivity contribution >= 4 is 21.1 Å². The zero-order valence-electron chi connectivity index (χ0n) is 13.5. The Morgan fingerprint density at radius 2 is 2.24 bits per heavy atom. The molecule has 0 aromatic carbocycles. The van der Waals surface area contributed by atoms with Crippen molar-refractivity contribution in [3.05, 3.63) is 42.5 Å². The molecule has 1 aliphatic rings. The molecule has 25 heavy (non-hydrogen) atoms. The number of hydrogen-bond acceptors (Lipinski definition) is 7. The number of nitrogens with zero attached hydrogens (tertiary/aromatic N) is 4. The van der Waals surface area contributed by atoms with Gasteiger partial charge in [-0.05, 0) is 31.5 Å². The third-order valence-corrected chi connectivity index (χ3v) is 6.00. The van der Waals surface area contributed by atoms with Gasteiger partial charge in [0.1, 0.15) is 16.7 Å². The lowest BCUT2D eigenvalue weighted by Crippen LogP contribution is -2.31. The van der Waals surface area contributed by atoms with Crippen LogP contribution in [0.5, 0.6) is 5.75 Å². The lowest BCUT2D eigenvalue weighted by Gasteiger charge is -2.17. The molecule has 0 aliphatic carbocycles. The number of sulfonamides is 1. The monoisotopic (exact) mass is 360 g/mol. The molecule has 3 aromatic rings. The molecule has 1 atom stereocenters. The second-order valence-electron chi connectivity index (χ2n) is 5.87. The molecule has 0 spiro atoms. The van der Waals surface area contributed by atoms with Crippen LogP contribution in [0.3, 0.4) is 0 Å². The van der Waals surface area contributed by atoms with Crippen LogP contribution in [0.1, 0.15) is 12.1 Å². The topological polar surface area (TPSA) is 98.4 Å². The van der Waals surface area contributed by atoms with Crippen LogP contribution in [0.4, 0.5) is 0 Å². The lowest BCUT2D eigenvalue weighted by atomic mass is 10.3. The van der Waals surface area contributed by atoms with Gasteiger partial charge in [-0.1, -0.05) is 5.16 Å². The smallest absolute Gasteiger partial charge is 0.257 e. The van der Waals surface area contributed by atoms with E-state index in [1.54, 1.807) is 37.5 Å². The molecule has 1 fully saturated rings. The van der Waals surface area contributed by atoms with E-state index in [1.165, 1.54) is 10.5 Å². The number of aromatic nitrogens is 3. The van der Waals surface area contributed by atoms with E-state index in [0.717, 1.165) is 0 Å². The number of rotatable bonds is 4. The second-order valence-corrected chi connectivity index (χ2v) is 7.81. The van der Waals surface area contributed by atoms with Crippen molar-refractivity contribution in [1.82, 2.24) is 19.4 Å². The Labute approximate surface area is 144 Å². The van der Waals surface area contributed by atoms with Crippen LogP contribution in [-0.2, 0) is 10.0 Å². The standard InChI is InChI=1S/C16H16N4O4S/c1-11-15-7-14(9-18-16(15)24-19-11)25(21,22)20-6-4-13(10-20)23-12-3-2-5-17-8-12/h2-3,5,7-9,13H,4,6,10H2,1H3/t13-/m1/s1. The van der Waals surface area contributed by atoms with Crippen molar-refractivity contribution in [3.63, 3.8) is 0 Å². The number of ether oxygens (including phenoxy) is 1. The predicted octanol–water partition coefficient (Wildman–Crippen LogP) is 1.77. The van der Waals surface area contributed by atoms with Crippen LogP contribution in [0.25, 0.3) is 11.1 Å². The fourth-order valence-corrected chi connectivity index (χ4v) is 4.30. The summed E-state index contributed by atoms with van der Waals surface area (Å²) >= 11 is 0. The fourth-order valence-electron chi connectivity index (χ4n) is 2.84. The quantitative estimate of drug-likeness (QED) is 0.699. The Bertz CT molecular complexity index is 1000. The van der Waals surface area contributed by atoms with Crippen LogP contribution < -0.4 is 4.74 Å². The molecule has 0 bridgehead atoms. The number of pyridine rings is 2. The van der Waals surface area contributed by atoms with E-state index in [2.05, 4.69) is 15.1 Å². The zero-order valence-corrected chi connectivity index (χ0v) is 14.3. The summed E-state index contributed by atoms with van der Waals surface area (Å²) in [5.41, 5.74) is 0.939. The van der Waals surface area contributed by atoms with Gasteiger partial charge in [0.05, 0.1) is 30.0 Å². The third kappa shape index (κ3) is 2.96. The molecule has 3 aromatic heterocycles.